The van der Waals surface area contributed by atoms with Crippen LogP contribution in [-0.4, -0.2) is 17.8 Å². The van der Waals surface area contributed by atoms with Crippen LogP contribution >= 0.6 is 51.7 Å². The third-order valence-corrected chi connectivity index (χ3v) is 4.34. The van der Waals surface area contributed by atoms with E-state index in [-0.39, 0.29) is 24.0 Å². The van der Waals surface area contributed by atoms with Crippen LogP contribution in [0, 0.1) is 0 Å². The molecular weight excluding hydrogens is 473 g/mol. The molecule has 0 bridgehead atoms. The minimum Gasteiger partial charge on any atom is -0.370 e. The smallest absolute Gasteiger partial charge is 0.193 e. The standard InChI is InChI=1S/C16H18BrN3S.HI/c1-12(21-15-9-7-13(17)8-10-15)11-19-16(18)20-14-5-3-2-4-6-14;/h2-10,12H,11H2,1H3,(H3,18,19,20);1H. The highest BCUT2D eigenvalue weighted by atomic mass is 127. The molecule has 22 heavy (non-hydrogen) atoms. The Labute approximate surface area is 161 Å². The molecule has 0 spiro atoms. The van der Waals surface area contributed by atoms with Gasteiger partial charge in [-0.2, -0.15) is 0 Å². The average Bonchev–Trinajstić information content (AvgIpc) is 2.49. The first-order valence-electron chi connectivity index (χ1n) is 6.67. The third kappa shape index (κ3) is 7.02. The zero-order chi connectivity index (χ0) is 15.1. The molecule has 118 valence electrons. The Morgan fingerprint density at radius 3 is 2.45 bits per heavy atom. The zero-order valence-electron chi connectivity index (χ0n) is 12.2. The first-order valence-corrected chi connectivity index (χ1v) is 8.35. The van der Waals surface area contributed by atoms with Crippen LogP contribution in [-0.2, 0) is 0 Å². The summed E-state index contributed by atoms with van der Waals surface area (Å²) in [5.74, 6) is 0.449. The Morgan fingerprint density at radius 2 is 1.82 bits per heavy atom. The van der Waals surface area contributed by atoms with Crippen molar-refractivity contribution in [2.45, 2.75) is 17.1 Å². The molecule has 0 radical (unpaired) electrons. The maximum Gasteiger partial charge on any atom is 0.193 e. The molecule has 0 heterocycles. The molecule has 0 amide bonds. The van der Waals surface area contributed by atoms with Gasteiger partial charge in [-0.05, 0) is 36.4 Å². The van der Waals surface area contributed by atoms with Gasteiger partial charge < -0.3 is 11.1 Å². The predicted octanol–water partition coefficient (Wildman–Crippen LogP) is 4.97. The van der Waals surface area contributed by atoms with Gasteiger partial charge in [0.1, 0.15) is 0 Å². The molecule has 3 nitrogen and oxygen atoms in total. The van der Waals surface area contributed by atoms with E-state index in [1.54, 1.807) is 11.8 Å². The van der Waals surface area contributed by atoms with Crippen LogP contribution in [0.4, 0.5) is 5.69 Å². The molecule has 0 aliphatic rings. The van der Waals surface area contributed by atoms with E-state index in [4.69, 9.17) is 5.73 Å². The van der Waals surface area contributed by atoms with E-state index in [2.05, 4.69) is 45.3 Å². The second-order valence-corrected chi connectivity index (χ2v) is 7.03. The molecule has 0 aliphatic carbocycles. The fraction of sp³-hybridized carbons (Fsp3) is 0.188. The third-order valence-electron chi connectivity index (χ3n) is 2.72. The molecule has 2 rings (SSSR count). The summed E-state index contributed by atoms with van der Waals surface area (Å²) in [4.78, 5) is 5.62. The van der Waals surface area contributed by atoms with Crippen LogP contribution in [0.2, 0.25) is 0 Å². The summed E-state index contributed by atoms with van der Waals surface area (Å²) >= 11 is 5.23. The van der Waals surface area contributed by atoms with Gasteiger partial charge in [0.15, 0.2) is 5.96 Å². The van der Waals surface area contributed by atoms with Gasteiger partial charge in [-0.15, -0.1) is 35.7 Å². The Hall–Kier alpha value is -0.730. The number of halogens is 2. The van der Waals surface area contributed by atoms with Gasteiger partial charge in [0, 0.05) is 20.3 Å². The van der Waals surface area contributed by atoms with Crippen molar-refractivity contribution in [3.05, 3.63) is 59.1 Å². The summed E-state index contributed by atoms with van der Waals surface area (Å²) in [5.41, 5.74) is 6.84. The van der Waals surface area contributed by atoms with Crippen LogP contribution in [0.15, 0.2) is 69.0 Å². The van der Waals surface area contributed by atoms with Gasteiger partial charge in [-0.25, -0.2) is 0 Å². The van der Waals surface area contributed by atoms with Crippen molar-refractivity contribution in [2.24, 2.45) is 10.7 Å². The number of nitrogens with one attached hydrogen (secondary N) is 1. The maximum atomic E-state index is 5.89. The van der Waals surface area contributed by atoms with Crippen molar-refractivity contribution in [3.8, 4) is 0 Å². The lowest BCUT2D eigenvalue weighted by Crippen LogP contribution is -2.23. The number of rotatable bonds is 5. The number of anilines is 1. The Kier molecular flexibility index (Phi) is 8.89. The highest BCUT2D eigenvalue weighted by molar-refractivity contribution is 14.0. The first-order chi connectivity index (χ1) is 10.1. The number of benzene rings is 2. The first kappa shape index (κ1) is 19.3. The maximum absolute atomic E-state index is 5.89. The fourth-order valence-electron chi connectivity index (χ4n) is 1.72. The summed E-state index contributed by atoms with van der Waals surface area (Å²) in [7, 11) is 0. The predicted molar refractivity (Wildman–Crippen MR) is 111 cm³/mol. The van der Waals surface area contributed by atoms with Gasteiger partial charge in [-0.1, -0.05) is 41.1 Å². The molecule has 0 aliphatic heterocycles. The van der Waals surface area contributed by atoms with E-state index in [9.17, 15) is 0 Å². The van der Waals surface area contributed by atoms with E-state index >= 15 is 0 Å². The zero-order valence-corrected chi connectivity index (χ0v) is 16.9. The van der Waals surface area contributed by atoms with Crippen LogP contribution in [0.1, 0.15) is 6.92 Å². The molecule has 2 aromatic carbocycles. The minimum absolute atomic E-state index is 0. The molecule has 1 atom stereocenters. The molecular formula is C16H19BrIN3S. The van der Waals surface area contributed by atoms with E-state index < -0.39 is 0 Å². The van der Waals surface area contributed by atoms with Crippen molar-refractivity contribution in [1.82, 2.24) is 0 Å². The van der Waals surface area contributed by atoms with Crippen molar-refractivity contribution in [3.63, 3.8) is 0 Å². The van der Waals surface area contributed by atoms with Gasteiger partial charge >= 0.3 is 0 Å². The molecule has 0 fully saturated rings. The number of hydrogen-bond donors (Lipinski definition) is 2. The van der Waals surface area contributed by atoms with Gasteiger partial charge in [0.25, 0.3) is 0 Å². The fourth-order valence-corrected chi connectivity index (χ4v) is 2.89. The lowest BCUT2D eigenvalue weighted by molar-refractivity contribution is 0.947. The van der Waals surface area contributed by atoms with E-state index in [0.717, 1.165) is 10.2 Å². The lowest BCUT2D eigenvalue weighted by Gasteiger charge is -2.10. The molecule has 0 aromatic heterocycles. The second kappa shape index (κ2) is 10.1. The minimum atomic E-state index is 0. The highest BCUT2D eigenvalue weighted by Crippen LogP contribution is 2.24. The number of thioether (sulfide) groups is 1. The van der Waals surface area contributed by atoms with Crippen LogP contribution in [0.3, 0.4) is 0 Å². The van der Waals surface area contributed by atoms with Crippen LogP contribution < -0.4 is 11.1 Å². The lowest BCUT2D eigenvalue weighted by atomic mass is 10.3. The number of hydrogen-bond acceptors (Lipinski definition) is 2. The largest absolute Gasteiger partial charge is 0.370 e. The normalized spacial score (nSPS) is 12.4. The molecule has 2 aromatic rings. The van der Waals surface area contributed by atoms with E-state index in [0.29, 0.717) is 17.8 Å². The highest BCUT2D eigenvalue weighted by Gasteiger charge is 2.04. The molecule has 0 saturated carbocycles. The second-order valence-electron chi connectivity index (χ2n) is 4.60. The number of guanidine groups is 1. The average molecular weight is 492 g/mol. The summed E-state index contributed by atoms with van der Waals surface area (Å²) in [6.07, 6.45) is 0. The molecule has 1 unspecified atom stereocenters. The van der Waals surface area contributed by atoms with E-state index in [1.807, 2.05) is 42.5 Å². The molecule has 0 saturated heterocycles. The van der Waals surface area contributed by atoms with Crippen molar-refractivity contribution in [1.29, 1.82) is 0 Å². The van der Waals surface area contributed by atoms with Gasteiger partial charge in [0.2, 0.25) is 0 Å². The topological polar surface area (TPSA) is 50.4 Å². The van der Waals surface area contributed by atoms with Crippen molar-refractivity contribution < 1.29 is 0 Å². The number of aliphatic imine (C=N–C) groups is 1. The summed E-state index contributed by atoms with van der Waals surface area (Å²) in [6, 6.07) is 18.1. The molecule has 3 N–H and O–H groups in total. The Bertz CT molecular complexity index is 590. The van der Waals surface area contributed by atoms with Crippen molar-refractivity contribution in [2.75, 3.05) is 11.9 Å². The summed E-state index contributed by atoms with van der Waals surface area (Å²) in [6.45, 7) is 2.82. The Balaban J connectivity index is 0.00000242. The SMILES string of the molecule is CC(CN=C(N)Nc1ccccc1)Sc1ccc(Br)cc1.I. The van der Waals surface area contributed by atoms with Gasteiger partial charge in [-0.3, -0.25) is 4.99 Å². The number of para-hydroxylation sites is 1. The summed E-state index contributed by atoms with van der Waals surface area (Å²) < 4.78 is 1.09. The van der Waals surface area contributed by atoms with Crippen LogP contribution in [0.25, 0.3) is 0 Å². The van der Waals surface area contributed by atoms with E-state index in [1.165, 1.54) is 4.90 Å². The number of nitrogens with zero attached hydrogens (tertiary/aromatic N) is 1. The molecule has 6 heteroatoms. The Morgan fingerprint density at radius 1 is 1.18 bits per heavy atom. The quantitative estimate of drug-likeness (QED) is 0.268. The number of nitrogens with two attached hydrogens (primary N) is 1. The van der Waals surface area contributed by atoms with Crippen LogP contribution in [0.5, 0.6) is 0 Å². The van der Waals surface area contributed by atoms with Gasteiger partial charge in [0.05, 0.1) is 6.54 Å². The van der Waals surface area contributed by atoms with Crippen molar-refractivity contribution >= 4 is 63.3 Å². The summed E-state index contributed by atoms with van der Waals surface area (Å²) in [5, 5.41) is 3.44. The monoisotopic (exact) mass is 491 g/mol.